The average Bonchev–Trinajstić information content (AvgIpc) is 3.45. The Morgan fingerprint density at radius 2 is 1.72 bits per heavy atom. The maximum Gasteiger partial charge on any atom is 0.234 e. The van der Waals surface area contributed by atoms with E-state index in [0.29, 0.717) is 5.76 Å². The van der Waals surface area contributed by atoms with Crippen molar-refractivity contribution in [3.8, 4) is 0 Å². The highest BCUT2D eigenvalue weighted by molar-refractivity contribution is 6.07. The molecule has 29 heavy (non-hydrogen) atoms. The highest BCUT2D eigenvalue weighted by Gasteiger charge is 2.61. The fourth-order valence-electron chi connectivity index (χ4n) is 6.22. The van der Waals surface area contributed by atoms with Crippen LogP contribution >= 0.6 is 0 Å². The van der Waals surface area contributed by atoms with Crippen molar-refractivity contribution in [1.29, 1.82) is 0 Å². The first-order chi connectivity index (χ1) is 14.0. The van der Waals surface area contributed by atoms with Gasteiger partial charge in [0.1, 0.15) is 11.8 Å². The molecule has 6 heteroatoms. The number of amides is 3. The first-order valence-corrected chi connectivity index (χ1v) is 10.9. The SMILES string of the molecule is CC1CCCC(C)N1C(=O)CC(c1ccco1)N1C(=O)C2C3C=CC(C3)C2C1=O. The van der Waals surface area contributed by atoms with E-state index >= 15 is 0 Å². The van der Waals surface area contributed by atoms with Crippen molar-refractivity contribution in [1.82, 2.24) is 9.80 Å². The Morgan fingerprint density at radius 3 is 2.28 bits per heavy atom. The molecule has 2 aliphatic carbocycles. The molecule has 2 aliphatic heterocycles. The van der Waals surface area contributed by atoms with Crippen LogP contribution < -0.4 is 0 Å². The Bertz CT molecular complexity index is 820. The van der Waals surface area contributed by atoms with Crippen LogP contribution in [0.3, 0.4) is 0 Å². The molecule has 1 aromatic rings. The molecule has 154 valence electrons. The number of carbonyl (C=O) groups excluding carboxylic acids is 3. The number of allylic oxidation sites excluding steroid dienone is 2. The van der Waals surface area contributed by atoms with Gasteiger partial charge in [0.25, 0.3) is 0 Å². The molecule has 5 rings (SSSR count). The number of carbonyl (C=O) groups is 3. The lowest BCUT2D eigenvalue weighted by Gasteiger charge is -2.40. The third-order valence-corrected chi connectivity index (χ3v) is 7.54. The Morgan fingerprint density at radius 1 is 1.10 bits per heavy atom. The van der Waals surface area contributed by atoms with Crippen molar-refractivity contribution in [3.05, 3.63) is 36.3 Å². The number of fused-ring (bicyclic) bond motifs is 5. The van der Waals surface area contributed by atoms with Crippen LogP contribution in [0.25, 0.3) is 0 Å². The largest absolute Gasteiger partial charge is 0.467 e. The molecule has 6 nitrogen and oxygen atoms in total. The second-order valence-corrected chi connectivity index (χ2v) is 9.21. The van der Waals surface area contributed by atoms with E-state index in [1.807, 2.05) is 4.90 Å². The van der Waals surface area contributed by atoms with Gasteiger partial charge < -0.3 is 9.32 Å². The number of hydrogen-bond donors (Lipinski definition) is 0. The third kappa shape index (κ3) is 2.79. The highest BCUT2D eigenvalue weighted by atomic mass is 16.3. The minimum absolute atomic E-state index is 0.00939. The maximum atomic E-state index is 13.3. The monoisotopic (exact) mass is 396 g/mol. The van der Waals surface area contributed by atoms with Crippen LogP contribution in [0, 0.1) is 23.7 Å². The number of furan rings is 1. The molecule has 2 bridgehead atoms. The summed E-state index contributed by atoms with van der Waals surface area (Å²) in [4.78, 5) is 43.2. The molecule has 7 atom stereocenters. The summed E-state index contributed by atoms with van der Waals surface area (Å²) in [7, 11) is 0. The molecule has 0 N–H and O–H groups in total. The molecule has 3 heterocycles. The molecule has 0 aromatic carbocycles. The van der Waals surface area contributed by atoms with E-state index in [0.717, 1.165) is 25.7 Å². The summed E-state index contributed by atoms with van der Waals surface area (Å²) in [5, 5.41) is 0. The standard InChI is InChI=1S/C23H28N2O4/c1-13-5-3-6-14(2)24(13)19(26)12-17(18-7-4-10-29-18)25-22(27)20-15-8-9-16(11-15)21(20)23(25)28/h4,7-10,13-17,20-21H,3,5-6,11-12H2,1-2H3. The number of nitrogens with zero attached hydrogens (tertiary/aromatic N) is 2. The highest BCUT2D eigenvalue weighted by Crippen LogP contribution is 2.54. The van der Waals surface area contributed by atoms with Crippen LogP contribution in [0.5, 0.6) is 0 Å². The molecule has 1 aromatic heterocycles. The second kappa shape index (κ2) is 6.85. The van der Waals surface area contributed by atoms with Gasteiger partial charge in [0, 0.05) is 12.1 Å². The van der Waals surface area contributed by atoms with E-state index in [1.54, 1.807) is 12.1 Å². The summed E-state index contributed by atoms with van der Waals surface area (Å²) >= 11 is 0. The third-order valence-electron chi connectivity index (χ3n) is 7.54. The summed E-state index contributed by atoms with van der Waals surface area (Å²) in [6.07, 6.45) is 9.79. The summed E-state index contributed by atoms with van der Waals surface area (Å²) in [5.74, 6) is 0.0120. The lowest BCUT2D eigenvalue weighted by Crippen LogP contribution is -2.49. The number of imide groups is 1. The molecule has 1 saturated carbocycles. The quantitative estimate of drug-likeness (QED) is 0.578. The first kappa shape index (κ1) is 18.6. The Balaban J connectivity index is 1.44. The van der Waals surface area contributed by atoms with E-state index < -0.39 is 6.04 Å². The van der Waals surface area contributed by atoms with Crippen LogP contribution in [-0.2, 0) is 14.4 Å². The van der Waals surface area contributed by atoms with Crippen LogP contribution in [0.1, 0.15) is 57.8 Å². The van der Waals surface area contributed by atoms with Crippen LogP contribution in [0.4, 0.5) is 0 Å². The molecule has 7 unspecified atom stereocenters. The van der Waals surface area contributed by atoms with Crippen molar-refractivity contribution in [2.45, 2.75) is 64.1 Å². The van der Waals surface area contributed by atoms with Crippen LogP contribution in [0.2, 0.25) is 0 Å². The summed E-state index contributed by atoms with van der Waals surface area (Å²) in [6, 6.07) is 3.20. The predicted molar refractivity (Wildman–Crippen MR) is 105 cm³/mol. The van der Waals surface area contributed by atoms with E-state index in [2.05, 4.69) is 26.0 Å². The fourth-order valence-corrected chi connectivity index (χ4v) is 6.22. The number of likely N-dealkylation sites (tertiary alicyclic amines) is 2. The fraction of sp³-hybridized carbons (Fsp3) is 0.609. The van der Waals surface area contributed by atoms with E-state index in [1.165, 1.54) is 11.2 Å². The van der Waals surface area contributed by atoms with E-state index in [-0.39, 0.29) is 59.9 Å². The maximum absolute atomic E-state index is 13.3. The van der Waals surface area contributed by atoms with Gasteiger partial charge in [-0.1, -0.05) is 12.2 Å². The van der Waals surface area contributed by atoms with Gasteiger partial charge in [-0.3, -0.25) is 19.3 Å². The predicted octanol–water partition coefficient (Wildman–Crippen LogP) is 3.31. The molecule has 0 spiro atoms. The zero-order chi connectivity index (χ0) is 20.3. The van der Waals surface area contributed by atoms with Crippen molar-refractivity contribution in [3.63, 3.8) is 0 Å². The number of rotatable bonds is 4. The van der Waals surface area contributed by atoms with Gasteiger partial charge in [0.15, 0.2) is 0 Å². The van der Waals surface area contributed by atoms with Gasteiger partial charge in [-0.05, 0) is 63.5 Å². The Kier molecular flexibility index (Phi) is 4.41. The van der Waals surface area contributed by atoms with Gasteiger partial charge >= 0.3 is 0 Å². The van der Waals surface area contributed by atoms with Crippen LogP contribution in [0.15, 0.2) is 35.0 Å². The van der Waals surface area contributed by atoms with Gasteiger partial charge in [0.05, 0.1) is 24.5 Å². The Hall–Kier alpha value is -2.37. The number of hydrogen-bond acceptors (Lipinski definition) is 4. The van der Waals surface area contributed by atoms with Crippen LogP contribution in [-0.4, -0.2) is 39.6 Å². The Labute approximate surface area is 170 Å². The minimum atomic E-state index is -0.663. The van der Waals surface area contributed by atoms with Gasteiger partial charge in [0.2, 0.25) is 17.7 Å². The molecule has 2 saturated heterocycles. The second-order valence-electron chi connectivity index (χ2n) is 9.21. The molecule has 4 aliphatic rings. The van der Waals surface area contributed by atoms with Crippen molar-refractivity contribution < 1.29 is 18.8 Å². The van der Waals surface area contributed by atoms with Crippen molar-refractivity contribution in [2.24, 2.45) is 23.7 Å². The zero-order valence-electron chi connectivity index (χ0n) is 17.0. The van der Waals surface area contributed by atoms with Gasteiger partial charge in [-0.25, -0.2) is 0 Å². The smallest absolute Gasteiger partial charge is 0.234 e. The topological polar surface area (TPSA) is 70.8 Å². The molecule has 3 fully saturated rings. The van der Waals surface area contributed by atoms with Gasteiger partial charge in [-0.15, -0.1) is 0 Å². The summed E-state index contributed by atoms with van der Waals surface area (Å²) in [6.45, 7) is 4.16. The minimum Gasteiger partial charge on any atom is -0.467 e. The molecular weight excluding hydrogens is 368 g/mol. The van der Waals surface area contributed by atoms with E-state index in [4.69, 9.17) is 4.42 Å². The zero-order valence-corrected chi connectivity index (χ0v) is 17.0. The van der Waals surface area contributed by atoms with Crippen molar-refractivity contribution >= 4 is 17.7 Å². The van der Waals surface area contributed by atoms with Crippen molar-refractivity contribution in [2.75, 3.05) is 0 Å². The van der Waals surface area contributed by atoms with E-state index in [9.17, 15) is 14.4 Å². The molecule has 3 amide bonds. The number of piperidine rings is 1. The average molecular weight is 396 g/mol. The lowest BCUT2D eigenvalue weighted by molar-refractivity contribution is -0.147. The molecular formula is C23H28N2O4. The summed E-state index contributed by atoms with van der Waals surface area (Å²) in [5.41, 5.74) is 0. The molecule has 0 radical (unpaired) electrons. The normalized spacial score (nSPS) is 36.8. The first-order valence-electron chi connectivity index (χ1n) is 10.9. The lowest BCUT2D eigenvalue weighted by atomic mass is 9.85. The summed E-state index contributed by atoms with van der Waals surface area (Å²) < 4.78 is 5.61. The van der Waals surface area contributed by atoms with Gasteiger partial charge in [-0.2, -0.15) is 0 Å².